The zero-order valence-corrected chi connectivity index (χ0v) is 10.8. The summed E-state index contributed by atoms with van der Waals surface area (Å²) in [7, 11) is -2.85. The van der Waals surface area contributed by atoms with Crippen LogP contribution in [0, 0.1) is 0 Å². The fraction of sp³-hybridized carbons (Fsp3) is 0.909. The summed E-state index contributed by atoms with van der Waals surface area (Å²) in [5.74, 6) is 0.392. The predicted octanol–water partition coefficient (Wildman–Crippen LogP) is -0.0487. The van der Waals surface area contributed by atoms with Crippen LogP contribution in [0.5, 0.6) is 0 Å². The van der Waals surface area contributed by atoms with Crippen LogP contribution in [0.1, 0.15) is 38.5 Å². The maximum Gasteiger partial charge on any atom is 0.220 e. The number of hydrogen-bond donors (Lipinski definition) is 2. The van der Waals surface area contributed by atoms with Gasteiger partial charge in [0.05, 0.1) is 11.5 Å². The number of sulfone groups is 1. The van der Waals surface area contributed by atoms with Gasteiger partial charge in [-0.1, -0.05) is 0 Å². The number of nitrogens with two attached hydrogens (primary N) is 1. The van der Waals surface area contributed by atoms with Gasteiger partial charge in [-0.2, -0.15) is 0 Å². The highest BCUT2D eigenvalue weighted by atomic mass is 32.2. The maximum atomic E-state index is 11.6. The third-order valence-corrected chi connectivity index (χ3v) is 5.38. The fourth-order valence-corrected chi connectivity index (χ4v) is 3.60. The monoisotopic (exact) mass is 260 g/mol. The quantitative estimate of drug-likeness (QED) is 0.741. The Morgan fingerprint density at radius 1 is 1.29 bits per heavy atom. The zero-order valence-electron chi connectivity index (χ0n) is 9.94. The molecule has 6 heteroatoms. The molecule has 0 spiro atoms. The van der Waals surface area contributed by atoms with Crippen LogP contribution in [0.2, 0.25) is 0 Å². The Morgan fingerprint density at radius 3 is 2.41 bits per heavy atom. The van der Waals surface area contributed by atoms with Gasteiger partial charge in [0.25, 0.3) is 0 Å². The minimum Gasteiger partial charge on any atom is -0.353 e. The third-order valence-electron chi connectivity index (χ3n) is 3.66. The lowest BCUT2D eigenvalue weighted by atomic mass is 10.1. The van der Waals surface area contributed by atoms with Gasteiger partial charge in [-0.15, -0.1) is 0 Å². The van der Waals surface area contributed by atoms with E-state index in [0.717, 1.165) is 19.3 Å². The summed E-state index contributed by atoms with van der Waals surface area (Å²) in [5.41, 5.74) is 5.81. The summed E-state index contributed by atoms with van der Waals surface area (Å²) in [6.07, 6.45) is 4.32. The maximum absolute atomic E-state index is 11.6. The molecule has 2 aliphatic rings. The molecule has 1 aliphatic carbocycles. The topological polar surface area (TPSA) is 89.3 Å². The molecule has 2 fully saturated rings. The van der Waals surface area contributed by atoms with Crippen LogP contribution >= 0.6 is 0 Å². The molecule has 0 atom stereocenters. The standard InChI is InChI=1S/C11H20N2O3S/c12-11(5-6-11)4-1-10(14)13-9-2-7-17(15,16)8-3-9/h9H,1-8,12H2,(H,13,14). The first-order chi connectivity index (χ1) is 7.89. The van der Waals surface area contributed by atoms with E-state index in [1.807, 2.05) is 0 Å². The minimum atomic E-state index is -2.85. The SMILES string of the molecule is NC1(CCC(=O)NC2CCS(=O)(=O)CC2)CC1. The Morgan fingerprint density at radius 2 is 1.88 bits per heavy atom. The molecule has 0 aromatic carbocycles. The van der Waals surface area contributed by atoms with E-state index in [-0.39, 0.29) is 29.0 Å². The Labute approximate surface area is 102 Å². The van der Waals surface area contributed by atoms with Crippen molar-refractivity contribution in [1.82, 2.24) is 5.32 Å². The van der Waals surface area contributed by atoms with Crippen molar-refractivity contribution in [2.24, 2.45) is 5.73 Å². The van der Waals surface area contributed by atoms with E-state index in [4.69, 9.17) is 5.73 Å². The first kappa shape index (κ1) is 12.8. The van der Waals surface area contributed by atoms with Gasteiger partial charge in [-0.05, 0) is 32.1 Å². The summed E-state index contributed by atoms with van der Waals surface area (Å²) in [6.45, 7) is 0. The largest absolute Gasteiger partial charge is 0.353 e. The summed E-state index contributed by atoms with van der Waals surface area (Å²) < 4.78 is 22.4. The van der Waals surface area contributed by atoms with E-state index in [2.05, 4.69) is 5.32 Å². The number of hydrogen-bond acceptors (Lipinski definition) is 4. The van der Waals surface area contributed by atoms with Gasteiger partial charge < -0.3 is 11.1 Å². The molecule has 0 aromatic heterocycles. The summed E-state index contributed by atoms with van der Waals surface area (Å²) in [4.78, 5) is 11.6. The first-order valence-electron chi connectivity index (χ1n) is 6.17. The van der Waals surface area contributed by atoms with Gasteiger partial charge in [0.15, 0.2) is 0 Å². The van der Waals surface area contributed by atoms with Crippen molar-refractivity contribution in [2.45, 2.75) is 50.1 Å². The van der Waals surface area contributed by atoms with Gasteiger partial charge in [0.1, 0.15) is 9.84 Å². The van der Waals surface area contributed by atoms with Crippen molar-refractivity contribution >= 4 is 15.7 Å². The Kier molecular flexibility index (Phi) is 3.45. The second-order valence-electron chi connectivity index (χ2n) is 5.36. The highest BCUT2D eigenvalue weighted by molar-refractivity contribution is 7.91. The highest BCUT2D eigenvalue weighted by Crippen LogP contribution is 2.36. The molecule has 1 saturated heterocycles. The van der Waals surface area contributed by atoms with Gasteiger partial charge in [-0.3, -0.25) is 4.79 Å². The predicted molar refractivity (Wildman–Crippen MR) is 65.2 cm³/mol. The van der Waals surface area contributed by atoms with Crippen LogP contribution in [0.25, 0.3) is 0 Å². The number of rotatable bonds is 4. The molecule has 0 bridgehead atoms. The lowest BCUT2D eigenvalue weighted by Crippen LogP contribution is -2.41. The van der Waals surface area contributed by atoms with Crippen LogP contribution in [-0.4, -0.2) is 37.4 Å². The summed E-state index contributed by atoms with van der Waals surface area (Å²) in [5, 5.41) is 2.90. The molecule has 0 unspecified atom stereocenters. The van der Waals surface area contributed by atoms with E-state index in [1.54, 1.807) is 0 Å². The number of carbonyl (C=O) groups excluding carboxylic acids is 1. The molecule has 5 nitrogen and oxygen atoms in total. The van der Waals surface area contributed by atoms with Gasteiger partial charge >= 0.3 is 0 Å². The first-order valence-corrected chi connectivity index (χ1v) is 7.99. The van der Waals surface area contributed by atoms with Crippen LogP contribution in [-0.2, 0) is 14.6 Å². The Bertz CT molecular complexity index is 387. The Balaban J connectivity index is 1.68. The van der Waals surface area contributed by atoms with E-state index in [9.17, 15) is 13.2 Å². The van der Waals surface area contributed by atoms with Crippen molar-refractivity contribution in [3.05, 3.63) is 0 Å². The molecular weight excluding hydrogens is 240 g/mol. The average Bonchev–Trinajstić information content (AvgIpc) is 2.98. The normalized spacial score (nSPS) is 26.4. The second kappa shape index (κ2) is 4.57. The van der Waals surface area contributed by atoms with Gasteiger partial charge in [0, 0.05) is 18.0 Å². The van der Waals surface area contributed by atoms with Crippen molar-refractivity contribution < 1.29 is 13.2 Å². The van der Waals surface area contributed by atoms with E-state index < -0.39 is 9.84 Å². The molecule has 1 heterocycles. The molecule has 1 aliphatic heterocycles. The number of nitrogens with one attached hydrogen (secondary N) is 1. The van der Waals surface area contributed by atoms with Gasteiger partial charge in [0.2, 0.25) is 5.91 Å². The summed E-state index contributed by atoms with van der Waals surface area (Å²) >= 11 is 0. The fourth-order valence-electron chi connectivity index (χ4n) is 2.11. The van der Waals surface area contributed by atoms with E-state index >= 15 is 0 Å². The van der Waals surface area contributed by atoms with E-state index in [1.165, 1.54) is 0 Å². The smallest absolute Gasteiger partial charge is 0.220 e. The molecule has 0 radical (unpaired) electrons. The van der Waals surface area contributed by atoms with Crippen LogP contribution in [0.4, 0.5) is 0 Å². The van der Waals surface area contributed by atoms with Crippen LogP contribution in [0.15, 0.2) is 0 Å². The van der Waals surface area contributed by atoms with Crippen molar-refractivity contribution in [3.8, 4) is 0 Å². The highest BCUT2D eigenvalue weighted by Gasteiger charge is 2.38. The third kappa shape index (κ3) is 3.96. The average molecular weight is 260 g/mol. The Hall–Kier alpha value is -0.620. The molecule has 17 heavy (non-hydrogen) atoms. The molecule has 3 N–H and O–H groups in total. The number of carbonyl (C=O) groups is 1. The van der Waals surface area contributed by atoms with Crippen molar-refractivity contribution in [3.63, 3.8) is 0 Å². The lowest BCUT2D eigenvalue weighted by molar-refractivity contribution is -0.122. The molecule has 1 amide bonds. The van der Waals surface area contributed by atoms with Crippen LogP contribution in [0.3, 0.4) is 0 Å². The van der Waals surface area contributed by atoms with Gasteiger partial charge in [-0.25, -0.2) is 8.42 Å². The lowest BCUT2D eigenvalue weighted by Gasteiger charge is -2.23. The molecular formula is C11H20N2O3S. The van der Waals surface area contributed by atoms with Crippen molar-refractivity contribution in [2.75, 3.05) is 11.5 Å². The molecule has 0 aromatic rings. The zero-order chi connectivity index (χ0) is 12.5. The molecule has 2 rings (SSSR count). The van der Waals surface area contributed by atoms with Crippen LogP contribution < -0.4 is 11.1 Å². The molecule has 98 valence electrons. The summed E-state index contributed by atoms with van der Waals surface area (Å²) in [6, 6.07) is 0.0268. The second-order valence-corrected chi connectivity index (χ2v) is 7.66. The van der Waals surface area contributed by atoms with E-state index in [0.29, 0.717) is 19.3 Å². The molecule has 1 saturated carbocycles. The number of amides is 1. The van der Waals surface area contributed by atoms with Crippen molar-refractivity contribution in [1.29, 1.82) is 0 Å². The minimum absolute atomic E-state index is 0.00558.